The number of hydrogen-bond donors (Lipinski definition) is 2. The molecule has 1 heterocycles. The SMILES string of the molecule is CN=C(NCc1ccccn1)NCC1(c2ccccc2OC)CCCC1. The van der Waals surface area contributed by atoms with Gasteiger partial charge in [-0.1, -0.05) is 37.1 Å². The molecule has 1 fully saturated rings. The topological polar surface area (TPSA) is 58.5 Å². The maximum Gasteiger partial charge on any atom is 0.191 e. The Balaban J connectivity index is 1.68. The number of methoxy groups -OCH3 is 1. The molecule has 1 aliphatic rings. The molecule has 0 spiro atoms. The van der Waals surface area contributed by atoms with Crippen molar-refractivity contribution in [2.75, 3.05) is 20.7 Å². The van der Waals surface area contributed by atoms with E-state index in [4.69, 9.17) is 4.74 Å². The number of nitrogens with zero attached hydrogens (tertiary/aromatic N) is 2. The normalized spacial score (nSPS) is 16.3. The summed E-state index contributed by atoms with van der Waals surface area (Å²) in [5, 5.41) is 6.88. The molecule has 0 radical (unpaired) electrons. The first kappa shape index (κ1) is 18.2. The van der Waals surface area contributed by atoms with Gasteiger partial charge in [-0.15, -0.1) is 0 Å². The van der Waals surface area contributed by atoms with Crippen molar-refractivity contribution in [1.82, 2.24) is 15.6 Å². The van der Waals surface area contributed by atoms with Crippen LogP contribution in [0.2, 0.25) is 0 Å². The lowest BCUT2D eigenvalue weighted by atomic mass is 9.78. The van der Waals surface area contributed by atoms with E-state index in [0.717, 1.165) is 36.8 Å². The highest BCUT2D eigenvalue weighted by molar-refractivity contribution is 5.79. The number of guanidine groups is 1. The Kier molecular flexibility index (Phi) is 6.10. The maximum absolute atomic E-state index is 5.64. The van der Waals surface area contributed by atoms with E-state index >= 15 is 0 Å². The van der Waals surface area contributed by atoms with Crippen LogP contribution in [-0.2, 0) is 12.0 Å². The van der Waals surface area contributed by atoms with Crippen LogP contribution < -0.4 is 15.4 Å². The zero-order valence-electron chi connectivity index (χ0n) is 15.7. The predicted molar refractivity (Wildman–Crippen MR) is 106 cm³/mol. The van der Waals surface area contributed by atoms with Gasteiger partial charge >= 0.3 is 0 Å². The van der Waals surface area contributed by atoms with E-state index in [9.17, 15) is 0 Å². The lowest BCUT2D eigenvalue weighted by molar-refractivity contribution is 0.371. The fourth-order valence-electron chi connectivity index (χ4n) is 3.83. The first-order valence-corrected chi connectivity index (χ1v) is 9.25. The summed E-state index contributed by atoms with van der Waals surface area (Å²) in [5.41, 5.74) is 2.39. The van der Waals surface area contributed by atoms with Gasteiger partial charge in [-0.05, 0) is 31.0 Å². The van der Waals surface area contributed by atoms with Crippen molar-refractivity contribution in [3.05, 3.63) is 59.9 Å². The van der Waals surface area contributed by atoms with Gasteiger partial charge in [0, 0.05) is 30.8 Å². The third-order valence-electron chi connectivity index (χ3n) is 5.22. The largest absolute Gasteiger partial charge is 0.496 e. The molecule has 5 heteroatoms. The Labute approximate surface area is 155 Å². The number of aliphatic imine (C=N–C) groups is 1. The van der Waals surface area contributed by atoms with E-state index in [1.807, 2.05) is 30.5 Å². The van der Waals surface area contributed by atoms with Crippen LogP contribution in [-0.4, -0.2) is 31.6 Å². The number of benzene rings is 1. The minimum atomic E-state index is 0.0925. The molecule has 0 amide bonds. The Morgan fingerprint density at radius 3 is 2.58 bits per heavy atom. The van der Waals surface area contributed by atoms with Gasteiger partial charge in [-0.2, -0.15) is 0 Å². The van der Waals surface area contributed by atoms with Crippen molar-refractivity contribution >= 4 is 5.96 Å². The van der Waals surface area contributed by atoms with Crippen LogP contribution in [0.3, 0.4) is 0 Å². The van der Waals surface area contributed by atoms with Crippen molar-refractivity contribution in [2.24, 2.45) is 4.99 Å². The first-order valence-electron chi connectivity index (χ1n) is 9.25. The van der Waals surface area contributed by atoms with Gasteiger partial charge in [0.1, 0.15) is 5.75 Å². The molecule has 1 aromatic heterocycles. The number of aromatic nitrogens is 1. The van der Waals surface area contributed by atoms with E-state index in [2.05, 4.69) is 38.8 Å². The molecular formula is C21H28N4O. The third-order valence-corrected chi connectivity index (χ3v) is 5.22. The number of para-hydroxylation sites is 1. The first-order chi connectivity index (χ1) is 12.8. The van der Waals surface area contributed by atoms with Gasteiger partial charge in [0.15, 0.2) is 5.96 Å². The Hall–Kier alpha value is -2.56. The zero-order valence-corrected chi connectivity index (χ0v) is 15.7. The third kappa shape index (κ3) is 4.15. The molecule has 0 saturated heterocycles. The number of nitrogens with one attached hydrogen (secondary N) is 2. The molecular weight excluding hydrogens is 324 g/mol. The second-order valence-corrected chi connectivity index (χ2v) is 6.79. The fraction of sp³-hybridized carbons (Fsp3) is 0.429. The van der Waals surface area contributed by atoms with Gasteiger partial charge in [0.2, 0.25) is 0 Å². The zero-order chi connectivity index (χ0) is 18.2. The molecule has 1 saturated carbocycles. The molecule has 1 aromatic carbocycles. The average molecular weight is 352 g/mol. The van der Waals surface area contributed by atoms with Gasteiger partial charge in [0.25, 0.3) is 0 Å². The van der Waals surface area contributed by atoms with E-state index in [1.165, 1.54) is 18.4 Å². The summed E-state index contributed by atoms with van der Waals surface area (Å²) in [6.07, 6.45) is 6.64. The van der Waals surface area contributed by atoms with Crippen molar-refractivity contribution in [3.8, 4) is 5.75 Å². The molecule has 2 aromatic rings. The summed E-state index contributed by atoms with van der Waals surface area (Å²) >= 11 is 0. The van der Waals surface area contributed by atoms with Crippen LogP contribution >= 0.6 is 0 Å². The molecule has 0 unspecified atom stereocenters. The molecule has 3 rings (SSSR count). The van der Waals surface area contributed by atoms with Gasteiger partial charge in [-0.25, -0.2) is 0 Å². The highest BCUT2D eigenvalue weighted by atomic mass is 16.5. The molecule has 0 atom stereocenters. The van der Waals surface area contributed by atoms with E-state index in [0.29, 0.717) is 6.54 Å². The monoisotopic (exact) mass is 352 g/mol. The summed E-state index contributed by atoms with van der Waals surface area (Å²) in [6, 6.07) is 14.3. The summed E-state index contributed by atoms with van der Waals surface area (Å²) in [6.45, 7) is 1.50. The number of rotatable bonds is 6. The minimum Gasteiger partial charge on any atom is -0.496 e. The summed E-state index contributed by atoms with van der Waals surface area (Å²) < 4.78 is 5.64. The van der Waals surface area contributed by atoms with Crippen LogP contribution in [0.1, 0.15) is 36.9 Å². The lowest BCUT2D eigenvalue weighted by Gasteiger charge is -2.32. The summed E-state index contributed by atoms with van der Waals surface area (Å²) in [5.74, 6) is 1.78. The summed E-state index contributed by atoms with van der Waals surface area (Å²) in [7, 11) is 3.56. The molecule has 5 nitrogen and oxygen atoms in total. The second-order valence-electron chi connectivity index (χ2n) is 6.79. The highest BCUT2D eigenvalue weighted by Gasteiger charge is 2.37. The molecule has 26 heavy (non-hydrogen) atoms. The Morgan fingerprint density at radius 2 is 1.88 bits per heavy atom. The average Bonchev–Trinajstić information content (AvgIpc) is 3.19. The predicted octanol–water partition coefficient (Wildman–Crippen LogP) is 3.27. The van der Waals surface area contributed by atoms with Crippen LogP contribution in [0, 0.1) is 0 Å². The fourth-order valence-corrected chi connectivity index (χ4v) is 3.83. The smallest absolute Gasteiger partial charge is 0.191 e. The molecule has 0 bridgehead atoms. The number of hydrogen-bond acceptors (Lipinski definition) is 3. The van der Waals surface area contributed by atoms with Gasteiger partial charge < -0.3 is 15.4 Å². The van der Waals surface area contributed by atoms with Gasteiger partial charge in [-0.3, -0.25) is 9.98 Å². The Bertz CT molecular complexity index is 724. The van der Waals surface area contributed by atoms with E-state index < -0.39 is 0 Å². The van der Waals surface area contributed by atoms with E-state index in [-0.39, 0.29) is 5.41 Å². The standard InChI is InChI=1S/C21H28N4O/c1-22-20(24-15-17-9-5-8-14-23-17)25-16-21(12-6-7-13-21)18-10-3-4-11-19(18)26-2/h3-5,8-11,14H,6-7,12-13,15-16H2,1-2H3,(H2,22,24,25). The van der Waals surface area contributed by atoms with Crippen molar-refractivity contribution < 1.29 is 4.74 Å². The van der Waals surface area contributed by atoms with Crippen molar-refractivity contribution in [1.29, 1.82) is 0 Å². The Morgan fingerprint density at radius 1 is 1.12 bits per heavy atom. The maximum atomic E-state index is 5.64. The van der Waals surface area contributed by atoms with Gasteiger partial charge in [0.05, 0.1) is 19.3 Å². The van der Waals surface area contributed by atoms with Crippen molar-refractivity contribution in [2.45, 2.75) is 37.6 Å². The number of ether oxygens (including phenoxy) is 1. The molecule has 138 valence electrons. The van der Waals surface area contributed by atoms with Crippen LogP contribution in [0.25, 0.3) is 0 Å². The van der Waals surface area contributed by atoms with E-state index in [1.54, 1.807) is 14.2 Å². The van der Waals surface area contributed by atoms with Crippen LogP contribution in [0.5, 0.6) is 5.75 Å². The van der Waals surface area contributed by atoms with Crippen molar-refractivity contribution in [3.63, 3.8) is 0 Å². The molecule has 2 N–H and O–H groups in total. The quantitative estimate of drug-likeness (QED) is 0.619. The van der Waals surface area contributed by atoms with Crippen LogP contribution in [0.15, 0.2) is 53.7 Å². The highest BCUT2D eigenvalue weighted by Crippen LogP contribution is 2.44. The van der Waals surface area contributed by atoms with Crippen LogP contribution in [0.4, 0.5) is 0 Å². The summed E-state index contributed by atoms with van der Waals surface area (Å²) in [4.78, 5) is 8.71. The number of pyridine rings is 1. The lowest BCUT2D eigenvalue weighted by Crippen LogP contribution is -2.44. The molecule has 0 aliphatic heterocycles. The molecule has 1 aliphatic carbocycles. The second kappa shape index (κ2) is 8.70. The minimum absolute atomic E-state index is 0.0925.